The van der Waals surface area contributed by atoms with Crippen molar-refractivity contribution in [2.45, 2.75) is 0 Å². The average molecular weight is 366 g/mol. The van der Waals surface area contributed by atoms with Crippen molar-refractivity contribution in [1.82, 2.24) is 0 Å². The number of ether oxygens (including phenoxy) is 2. The molecule has 0 amide bonds. The fourth-order valence-corrected chi connectivity index (χ4v) is 2.87. The van der Waals surface area contributed by atoms with Crippen molar-refractivity contribution in [2.24, 2.45) is 0 Å². The molecule has 0 bridgehead atoms. The first-order valence-electron chi connectivity index (χ1n) is 7.81. The zero-order chi connectivity index (χ0) is 18.1. The number of benzene rings is 3. The van der Waals surface area contributed by atoms with Gasteiger partial charge in [0.1, 0.15) is 23.0 Å². The number of nitro benzene ring substituents is 1. The molecule has 0 spiro atoms. The molecule has 5 nitrogen and oxygen atoms in total. The summed E-state index contributed by atoms with van der Waals surface area (Å²) in [6.45, 7) is 0. The fourth-order valence-electron chi connectivity index (χ4n) is 2.69. The number of hydrogen-bond acceptors (Lipinski definition) is 4. The predicted octanol–water partition coefficient (Wildman–Crippen LogP) is 6.32. The van der Waals surface area contributed by atoms with Gasteiger partial charge in [0.05, 0.1) is 22.6 Å². The second-order valence-electron chi connectivity index (χ2n) is 5.65. The molecule has 3 aromatic rings. The molecular weight excluding hydrogens is 354 g/mol. The van der Waals surface area contributed by atoms with E-state index in [1.807, 2.05) is 36.4 Å². The number of nitrogens with zero attached hydrogens (tertiary/aromatic N) is 1. The van der Waals surface area contributed by atoms with Crippen LogP contribution in [-0.4, -0.2) is 4.92 Å². The summed E-state index contributed by atoms with van der Waals surface area (Å²) in [6, 6.07) is 17.1. The normalized spacial score (nSPS) is 11.7. The highest BCUT2D eigenvalue weighted by Crippen LogP contribution is 2.42. The monoisotopic (exact) mass is 365 g/mol. The lowest BCUT2D eigenvalue weighted by Gasteiger charge is -2.13. The van der Waals surface area contributed by atoms with Gasteiger partial charge in [0.25, 0.3) is 5.69 Å². The van der Waals surface area contributed by atoms with Crippen LogP contribution in [0.25, 0.3) is 12.2 Å². The van der Waals surface area contributed by atoms with E-state index in [0.29, 0.717) is 33.6 Å². The maximum atomic E-state index is 11.3. The molecule has 128 valence electrons. The molecule has 0 saturated heterocycles. The molecule has 0 atom stereocenters. The van der Waals surface area contributed by atoms with Crippen LogP contribution in [0.4, 0.5) is 5.69 Å². The average Bonchev–Trinajstić information content (AvgIpc) is 2.81. The zero-order valence-electron chi connectivity index (χ0n) is 13.4. The van der Waals surface area contributed by atoms with E-state index in [1.165, 1.54) is 12.1 Å². The molecule has 0 N–H and O–H groups in total. The Morgan fingerprint density at radius 2 is 1.81 bits per heavy atom. The molecule has 3 aromatic carbocycles. The molecule has 0 saturated carbocycles. The highest BCUT2D eigenvalue weighted by molar-refractivity contribution is 6.30. The molecular formula is C20H12ClNO4. The Hall–Kier alpha value is -3.31. The van der Waals surface area contributed by atoms with Gasteiger partial charge < -0.3 is 9.47 Å². The summed E-state index contributed by atoms with van der Waals surface area (Å²) in [5.41, 5.74) is 1.38. The second-order valence-corrected chi connectivity index (χ2v) is 6.08. The highest BCUT2D eigenvalue weighted by atomic mass is 35.5. The first kappa shape index (κ1) is 16.2. The molecule has 1 aliphatic heterocycles. The number of hydrogen-bond donors (Lipinski definition) is 0. The molecule has 0 fully saturated rings. The van der Waals surface area contributed by atoms with Crippen LogP contribution in [0.3, 0.4) is 0 Å². The van der Waals surface area contributed by atoms with E-state index in [-0.39, 0.29) is 5.69 Å². The van der Waals surface area contributed by atoms with Crippen molar-refractivity contribution < 1.29 is 14.4 Å². The lowest BCUT2D eigenvalue weighted by Crippen LogP contribution is -1.96. The van der Waals surface area contributed by atoms with Crippen LogP contribution < -0.4 is 9.47 Å². The minimum absolute atomic E-state index is 0.117. The molecule has 0 aromatic heterocycles. The number of fused-ring (bicyclic) bond motifs is 2. The van der Waals surface area contributed by atoms with Crippen LogP contribution in [0, 0.1) is 10.1 Å². The molecule has 26 heavy (non-hydrogen) atoms. The predicted molar refractivity (Wildman–Crippen MR) is 100 cm³/mol. The van der Waals surface area contributed by atoms with Crippen molar-refractivity contribution in [3.05, 3.63) is 86.9 Å². The van der Waals surface area contributed by atoms with Crippen LogP contribution in [0.1, 0.15) is 11.1 Å². The van der Waals surface area contributed by atoms with E-state index in [2.05, 4.69) is 0 Å². The summed E-state index contributed by atoms with van der Waals surface area (Å²) in [5, 5.41) is 11.8. The van der Waals surface area contributed by atoms with E-state index in [9.17, 15) is 10.1 Å². The van der Waals surface area contributed by atoms with Gasteiger partial charge in [-0.15, -0.1) is 0 Å². The van der Waals surface area contributed by atoms with Crippen molar-refractivity contribution in [2.75, 3.05) is 0 Å². The highest BCUT2D eigenvalue weighted by Gasteiger charge is 2.21. The second kappa shape index (κ2) is 6.54. The Kier molecular flexibility index (Phi) is 4.07. The van der Waals surface area contributed by atoms with Crippen molar-refractivity contribution in [3.63, 3.8) is 0 Å². The third kappa shape index (κ3) is 3.12. The number of nitro groups is 1. The van der Waals surface area contributed by atoms with Gasteiger partial charge in [0.15, 0.2) is 0 Å². The molecule has 1 heterocycles. The summed E-state index contributed by atoms with van der Waals surface area (Å²) < 4.78 is 11.8. The topological polar surface area (TPSA) is 61.6 Å². The molecule has 4 rings (SSSR count). The van der Waals surface area contributed by atoms with Crippen LogP contribution in [0.15, 0.2) is 60.7 Å². The van der Waals surface area contributed by atoms with Gasteiger partial charge in [-0.25, -0.2) is 0 Å². The van der Waals surface area contributed by atoms with Gasteiger partial charge in [-0.05, 0) is 30.3 Å². The largest absolute Gasteiger partial charge is 0.456 e. The Labute approximate surface area is 154 Å². The van der Waals surface area contributed by atoms with Gasteiger partial charge in [0, 0.05) is 10.6 Å². The molecule has 0 radical (unpaired) electrons. The third-order valence-electron chi connectivity index (χ3n) is 3.89. The van der Waals surface area contributed by atoms with E-state index in [0.717, 1.165) is 5.56 Å². The quantitative estimate of drug-likeness (QED) is 0.315. The zero-order valence-corrected chi connectivity index (χ0v) is 14.1. The summed E-state index contributed by atoms with van der Waals surface area (Å²) in [4.78, 5) is 10.9. The number of halogens is 1. The molecule has 0 unspecified atom stereocenters. The van der Waals surface area contributed by atoms with Crippen LogP contribution in [-0.2, 0) is 0 Å². The number of para-hydroxylation sites is 1. The van der Waals surface area contributed by atoms with Gasteiger partial charge in [-0.2, -0.15) is 0 Å². The SMILES string of the molecule is O=[N+]([O-])c1cc(Oc2cccc(Cl)c2)c2c(c1)Oc1ccccc1C=C2. The standard InChI is InChI=1S/C20H12ClNO4/c21-14-5-3-6-16(10-14)25-19-11-15(22(23)24)12-20-17(19)9-8-13-4-1-2-7-18(13)26-20/h1-12H. The first-order valence-corrected chi connectivity index (χ1v) is 8.19. The van der Waals surface area contributed by atoms with Crippen molar-refractivity contribution in [1.29, 1.82) is 0 Å². The Bertz CT molecular complexity index is 1050. The number of rotatable bonds is 3. The first-order chi connectivity index (χ1) is 12.6. The molecule has 0 aliphatic carbocycles. The number of non-ortho nitro benzene ring substituents is 1. The Morgan fingerprint density at radius 3 is 2.62 bits per heavy atom. The lowest BCUT2D eigenvalue weighted by atomic mass is 10.1. The van der Waals surface area contributed by atoms with Gasteiger partial charge >= 0.3 is 0 Å². The van der Waals surface area contributed by atoms with Gasteiger partial charge in [-0.1, -0.05) is 41.9 Å². The van der Waals surface area contributed by atoms with Crippen LogP contribution in [0.5, 0.6) is 23.0 Å². The summed E-state index contributed by atoms with van der Waals surface area (Å²) in [6.07, 6.45) is 3.71. The van der Waals surface area contributed by atoms with Crippen LogP contribution >= 0.6 is 11.6 Å². The lowest BCUT2D eigenvalue weighted by molar-refractivity contribution is -0.385. The summed E-state index contributed by atoms with van der Waals surface area (Å²) >= 11 is 6.00. The van der Waals surface area contributed by atoms with Crippen molar-refractivity contribution in [3.8, 4) is 23.0 Å². The molecule has 6 heteroatoms. The van der Waals surface area contributed by atoms with E-state index < -0.39 is 4.92 Å². The van der Waals surface area contributed by atoms with Gasteiger partial charge in [-0.3, -0.25) is 10.1 Å². The maximum Gasteiger partial charge on any atom is 0.276 e. The minimum Gasteiger partial charge on any atom is -0.456 e. The Balaban J connectivity index is 1.85. The smallest absolute Gasteiger partial charge is 0.276 e. The van der Waals surface area contributed by atoms with Crippen LogP contribution in [0.2, 0.25) is 5.02 Å². The fraction of sp³-hybridized carbons (Fsp3) is 0. The van der Waals surface area contributed by atoms with Crippen molar-refractivity contribution >= 4 is 29.4 Å². The minimum atomic E-state index is -0.477. The molecule has 1 aliphatic rings. The maximum absolute atomic E-state index is 11.3. The summed E-state index contributed by atoms with van der Waals surface area (Å²) in [7, 11) is 0. The summed E-state index contributed by atoms with van der Waals surface area (Å²) in [5.74, 6) is 1.78. The van der Waals surface area contributed by atoms with E-state index in [4.69, 9.17) is 21.1 Å². The van der Waals surface area contributed by atoms with E-state index in [1.54, 1.807) is 24.3 Å². The van der Waals surface area contributed by atoms with E-state index >= 15 is 0 Å². The third-order valence-corrected chi connectivity index (χ3v) is 4.13. The Morgan fingerprint density at radius 1 is 0.962 bits per heavy atom. The van der Waals surface area contributed by atoms with Gasteiger partial charge in [0.2, 0.25) is 0 Å².